The van der Waals surface area contributed by atoms with E-state index in [0.29, 0.717) is 21.2 Å². The number of hydrogen-bond donors (Lipinski definition) is 1. The molecule has 8 heavy (non-hydrogen) atoms. The largest absolute Gasteiger partial charge is 0.318 e. The molecular weight excluding hydrogens is 213 g/mol. The Balaban J connectivity index is 2.33. The van der Waals surface area contributed by atoms with Crippen LogP contribution in [0.2, 0.25) is 0 Å². The minimum Gasteiger partial charge on any atom is -0.277 e. The lowest BCUT2D eigenvalue weighted by molar-refractivity contribution is -0.525. The molecule has 0 spiro atoms. The highest BCUT2D eigenvalue weighted by molar-refractivity contribution is 5.25. The van der Waals surface area contributed by atoms with Crippen LogP contribution < -0.4 is 26.9 Å². The second-order valence-corrected chi connectivity index (χ2v) is 5.92. The van der Waals surface area contributed by atoms with E-state index in [-0.39, 0.29) is 3.55 Å². The molecule has 0 aromatic carbocycles. The number of hydrogen-bond acceptors (Lipinski definition) is 1. The van der Waals surface area contributed by atoms with Crippen molar-refractivity contribution in [3.05, 3.63) is 24.3 Å². The van der Waals surface area contributed by atoms with Crippen LogP contribution in [0.25, 0.3) is 0 Å². The summed E-state index contributed by atoms with van der Waals surface area (Å²) in [5.74, 6) is 0. The Morgan fingerprint density at radius 3 is 2.88 bits per heavy atom. The average Bonchev–Trinajstić information content (AvgIpc) is 2.39. The Kier molecular flexibility index (Phi) is 0.849. The van der Waals surface area contributed by atoms with Crippen LogP contribution >= 0.6 is 0 Å². The SMILES string of the molecule is N[C@]12C=CC=CC1[I+]2. The van der Waals surface area contributed by atoms with Gasteiger partial charge in [0.15, 0.2) is 0 Å². The molecule has 1 nitrogen and oxygen atoms in total. The molecular formula is C6H7IN+. The van der Waals surface area contributed by atoms with Gasteiger partial charge in [0, 0.05) is 0 Å². The van der Waals surface area contributed by atoms with E-state index in [4.69, 9.17) is 5.73 Å². The van der Waals surface area contributed by atoms with Gasteiger partial charge in [0.05, 0.1) is 0 Å². The molecule has 0 bridgehead atoms. The molecule has 0 aromatic rings. The fourth-order valence-corrected chi connectivity index (χ4v) is 3.11. The monoisotopic (exact) mass is 220 g/mol. The van der Waals surface area contributed by atoms with Gasteiger partial charge < -0.3 is 0 Å². The lowest BCUT2D eigenvalue weighted by Crippen LogP contribution is -3.52. The van der Waals surface area contributed by atoms with Gasteiger partial charge in [0.25, 0.3) is 3.55 Å². The van der Waals surface area contributed by atoms with E-state index in [1.54, 1.807) is 0 Å². The molecule has 0 amide bonds. The molecule has 1 aliphatic heterocycles. The lowest BCUT2D eigenvalue weighted by Gasteiger charge is -1.89. The first-order chi connectivity index (χ1) is 3.81. The molecule has 2 heteroatoms. The fraction of sp³-hybridized carbons (Fsp3) is 0.333. The first-order valence-electron chi connectivity index (χ1n) is 2.61. The zero-order valence-electron chi connectivity index (χ0n) is 4.34. The topological polar surface area (TPSA) is 26.0 Å². The molecule has 0 saturated carbocycles. The normalized spacial score (nSPS) is 48.9. The second-order valence-electron chi connectivity index (χ2n) is 2.08. The predicted molar refractivity (Wildman–Crippen MR) is 29.0 cm³/mol. The summed E-state index contributed by atoms with van der Waals surface area (Å²) in [5, 5.41) is 0. The number of alkyl halides is 2. The van der Waals surface area contributed by atoms with Crippen LogP contribution in [-0.2, 0) is 0 Å². The van der Waals surface area contributed by atoms with Gasteiger partial charge in [-0.05, 0) is 12.2 Å². The van der Waals surface area contributed by atoms with Crippen molar-refractivity contribution in [1.29, 1.82) is 0 Å². The summed E-state index contributed by atoms with van der Waals surface area (Å²) < 4.78 is 0.958. The molecule has 1 saturated heterocycles. The summed E-state index contributed by atoms with van der Waals surface area (Å²) in [4.78, 5) is 0. The van der Waals surface area contributed by atoms with Crippen LogP contribution in [0.5, 0.6) is 0 Å². The molecule has 0 aromatic heterocycles. The number of fused-ring (bicyclic) bond motifs is 1. The van der Waals surface area contributed by atoms with Crippen LogP contribution in [0.4, 0.5) is 0 Å². The zero-order chi connectivity index (χ0) is 5.61. The van der Waals surface area contributed by atoms with E-state index < -0.39 is 0 Å². The second kappa shape index (κ2) is 1.36. The van der Waals surface area contributed by atoms with Gasteiger partial charge in [-0.2, -0.15) is 0 Å². The van der Waals surface area contributed by atoms with Crippen LogP contribution in [-0.4, -0.2) is 7.47 Å². The maximum Gasteiger partial charge on any atom is 0.318 e. The summed E-state index contributed by atoms with van der Waals surface area (Å²) >= 11 is 0.291. The van der Waals surface area contributed by atoms with Crippen LogP contribution in [0.3, 0.4) is 0 Å². The fourth-order valence-electron chi connectivity index (χ4n) is 0.849. The summed E-state index contributed by atoms with van der Waals surface area (Å²) in [5.41, 5.74) is 5.86. The summed E-state index contributed by atoms with van der Waals surface area (Å²) in [6, 6.07) is 0. The van der Waals surface area contributed by atoms with E-state index in [1.165, 1.54) is 0 Å². The molecule has 2 N–H and O–H groups in total. The van der Waals surface area contributed by atoms with Gasteiger partial charge in [0.1, 0.15) is 0 Å². The Hall–Kier alpha value is 0.170. The first kappa shape index (κ1) is 4.99. The Morgan fingerprint density at radius 2 is 2.38 bits per heavy atom. The average molecular weight is 220 g/mol. The first-order valence-corrected chi connectivity index (χ1v) is 4.93. The highest BCUT2D eigenvalue weighted by atomic mass is 127. The van der Waals surface area contributed by atoms with E-state index >= 15 is 0 Å². The summed E-state index contributed by atoms with van der Waals surface area (Å²) in [6.45, 7) is 0. The van der Waals surface area contributed by atoms with Gasteiger partial charge in [-0.1, -0.05) is 12.2 Å². The zero-order valence-corrected chi connectivity index (χ0v) is 6.50. The van der Waals surface area contributed by atoms with Crippen LogP contribution in [0.15, 0.2) is 24.3 Å². The maximum atomic E-state index is 5.86. The molecule has 1 fully saturated rings. The molecule has 42 valence electrons. The predicted octanol–water partition coefficient (Wildman–Crippen LogP) is -2.76. The van der Waals surface area contributed by atoms with Gasteiger partial charge >= 0.3 is 21.2 Å². The lowest BCUT2D eigenvalue weighted by atomic mass is 10.1. The van der Waals surface area contributed by atoms with Gasteiger partial charge in [-0.25, -0.2) is 0 Å². The van der Waals surface area contributed by atoms with Gasteiger partial charge in [0.2, 0.25) is 3.92 Å². The van der Waals surface area contributed by atoms with E-state index in [1.807, 2.05) is 0 Å². The molecule has 1 heterocycles. The molecule has 0 radical (unpaired) electrons. The van der Waals surface area contributed by atoms with Crippen molar-refractivity contribution in [2.45, 2.75) is 7.47 Å². The standard InChI is InChI=1S/C6H7IN/c8-6-4-2-1-3-5(6)7-6/h1-5H,8H2/q+1/t5?,6-/m1/s1. The molecule has 2 aliphatic rings. The minimum atomic E-state index is 0.188. The third-order valence-electron chi connectivity index (χ3n) is 1.42. The van der Waals surface area contributed by atoms with Gasteiger partial charge in [-0.3, -0.25) is 5.73 Å². The van der Waals surface area contributed by atoms with Crippen molar-refractivity contribution >= 4 is 0 Å². The van der Waals surface area contributed by atoms with Crippen molar-refractivity contribution in [2.24, 2.45) is 5.73 Å². The number of rotatable bonds is 0. The Bertz CT molecular complexity index is 173. The maximum absolute atomic E-state index is 5.86. The van der Waals surface area contributed by atoms with Crippen LogP contribution in [0, 0.1) is 0 Å². The van der Waals surface area contributed by atoms with Gasteiger partial charge in [-0.15, -0.1) is 0 Å². The molecule has 1 aliphatic carbocycles. The minimum absolute atomic E-state index is 0.188. The smallest absolute Gasteiger partial charge is 0.277 e. The van der Waals surface area contributed by atoms with E-state index in [0.717, 1.165) is 3.92 Å². The molecule has 2 rings (SSSR count). The van der Waals surface area contributed by atoms with Crippen molar-refractivity contribution in [3.8, 4) is 0 Å². The van der Waals surface area contributed by atoms with Crippen molar-refractivity contribution < 1.29 is 21.2 Å². The third kappa shape index (κ3) is 0.559. The Labute approximate surface area is 58.9 Å². The quantitative estimate of drug-likeness (QED) is 0.267. The highest BCUT2D eigenvalue weighted by Gasteiger charge is 2.70. The Morgan fingerprint density at radius 1 is 1.50 bits per heavy atom. The summed E-state index contributed by atoms with van der Waals surface area (Å²) in [6.07, 6.45) is 8.53. The van der Waals surface area contributed by atoms with Crippen LogP contribution in [0.1, 0.15) is 0 Å². The van der Waals surface area contributed by atoms with E-state index in [9.17, 15) is 0 Å². The number of nitrogens with two attached hydrogens (primary N) is 1. The van der Waals surface area contributed by atoms with E-state index in [2.05, 4.69) is 24.3 Å². The number of halogens is 1. The van der Waals surface area contributed by atoms with Crippen molar-refractivity contribution in [1.82, 2.24) is 0 Å². The molecule has 2 atom stereocenters. The summed E-state index contributed by atoms with van der Waals surface area (Å²) in [7, 11) is 0. The van der Waals surface area contributed by atoms with Crippen molar-refractivity contribution in [2.75, 3.05) is 0 Å². The third-order valence-corrected chi connectivity index (χ3v) is 4.98. The highest BCUT2D eigenvalue weighted by Crippen LogP contribution is 2.09. The molecule has 1 unspecified atom stereocenters. The van der Waals surface area contributed by atoms with Crippen molar-refractivity contribution in [3.63, 3.8) is 0 Å². The number of allylic oxidation sites excluding steroid dienone is 2.